The summed E-state index contributed by atoms with van der Waals surface area (Å²) >= 11 is 0. The summed E-state index contributed by atoms with van der Waals surface area (Å²) in [6.45, 7) is 0. The zero-order valence-electron chi connectivity index (χ0n) is 1.97. The number of hydrogen-bond donors (Lipinski definition) is 1. The second-order valence-electron chi connectivity index (χ2n) is 0.474. The van der Waals surface area contributed by atoms with Gasteiger partial charge in [0.1, 0.15) is 0 Å². The fraction of sp³-hybridized carbons (Fsp3) is 0. The van der Waals surface area contributed by atoms with Gasteiger partial charge in [-0.2, -0.15) is 5.11 Å². The summed E-state index contributed by atoms with van der Waals surface area (Å²) in [6.07, 6.45) is 1.51. The lowest BCUT2D eigenvalue weighted by Crippen LogP contribution is -2.67. The highest BCUT2D eigenvalue weighted by Gasteiger charge is 1.77. The van der Waals surface area contributed by atoms with Gasteiger partial charge in [-0.1, -0.05) is 0 Å². The van der Waals surface area contributed by atoms with Crippen LogP contribution in [0.1, 0.15) is 0 Å². The molecule has 0 saturated heterocycles. The Balaban J connectivity index is 2.67. The van der Waals surface area contributed by atoms with E-state index in [9.17, 15) is 0 Å². The number of hydrogen-bond acceptors (Lipinski definition) is 2. The molecule has 3 heteroatoms. The van der Waals surface area contributed by atoms with Crippen molar-refractivity contribution in [2.24, 2.45) is 10.3 Å². The summed E-state index contributed by atoms with van der Waals surface area (Å²) in [7, 11) is 0. The summed E-state index contributed by atoms with van der Waals surface area (Å²) < 4.78 is 0. The van der Waals surface area contributed by atoms with Crippen LogP contribution in [0.4, 0.5) is 0 Å². The van der Waals surface area contributed by atoms with Crippen LogP contribution >= 0.6 is 0 Å². The van der Waals surface area contributed by atoms with Crippen LogP contribution in [0.3, 0.4) is 0 Å². The van der Waals surface area contributed by atoms with Crippen LogP contribution in [0.15, 0.2) is 10.3 Å². The lowest BCUT2D eigenvalue weighted by Gasteiger charge is -1.66. The maximum absolute atomic E-state index is 3.31. The Morgan fingerprint density at radius 2 is 2.00 bits per heavy atom. The van der Waals surface area contributed by atoms with E-state index in [-0.39, 0.29) is 0 Å². The molecule has 3 nitrogen and oxygen atoms in total. The summed E-state index contributed by atoms with van der Waals surface area (Å²) in [6, 6.07) is 0. The largest absolute Gasteiger partial charge is 0.271 e. The highest BCUT2D eigenvalue weighted by molar-refractivity contribution is 5.41. The van der Waals surface area contributed by atoms with Crippen molar-refractivity contribution in [3.8, 4) is 0 Å². The first-order chi connectivity index (χ1) is 2.00. The number of rotatable bonds is 0. The molecule has 0 aliphatic carbocycles. The molecule has 0 bridgehead atoms. The minimum Gasteiger partial charge on any atom is -0.154 e. The second kappa shape index (κ2) is 0.342. The summed E-state index contributed by atoms with van der Waals surface area (Å²) in [5, 5.41) is 8.99. The van der Waals surface area contributed by atoms with Crippen LogP contribution in [0.25, 0.3) is 0 Å². The minimum atomic E-state index is 1.51. The summed E-state index contributed by atoms with van der Waals surface area (Å²) in [5.41, 5.74) is 0. The van der Waals surface area contributed by atoms with E-state index < -0.39 is 0 Å². The topological polar surface area (TPSA) is 38.7 Å². The zero-order valence-corrected chi connectivity index (χ0v) is 1.97. The van der Waals surface area contributed by atoms with Crippen LogP contribution in [0.5, 0.6) is 0 Å². The third-order valence-electron chi connectivity index (χ3n) is 0.231. The highest BCUT2D eigenvalue weighted by Crippen LogP contribution is 1.53. The molecule has 0 amide bonds. The fourth-order valence-electron chi connectivity index (χ4n) is 0.0577. The number of nitrogens with one attached hydrogen (secondary N) is 1. The molecule has 0 atom stereocenters. The van der Waals surface area contributed by atoms with Crippen molar-refractivity contribution in [1.29, 1.82) is 0 Å². The Bertz CT molecular complexity index is 43.7. The van der Waals surface area contributed by atoms with Gasteiger partial charge in [0.05, 0.1) is 5.22 Å². The van der Waals surface area contributed by atoms with E-state index in [1.165, 1.54) is 6.34 Å². The van der Waals surface area contributed by atoms with E-state index in [1.54, 1.807) is 0 Å². The molecule has 0 saturated carbocycles. The molecule has 0 spiro atoms. The monoisotopic (exact) mass is 56.0 g/mol. The second-order valence-corrected chi connectivity index (χ2v) is 0.474. The van der Waals surface area contributed by atoms with Gasteiger partial charge in [0.15, 0.2) is 0 Å². The van der Waals surface area contributed by atoms with Gasteiger partial charge < -0.3 is 0 Å². The first kappa shape index (κ1) is 1.58. The summed E-state index contributed by atoms with van der Waals surface area (Å²) in [5.74, 6) is 0. The molecule has 1 aliphatic rings. The van der Waals surface area contributed by atoms with Crippen molar-refractivity contribution < 1.29 is 5.11 Å². The summed E-state index contributed by atoms with van der Waals surface area (Å²) in [4.78, 5) is 0. The van der Waals surface area contributed by atoms with Gasteiger partial charge >= 0.3 is 0 Å². The van der Waals surface area contributed by atoms with Gasteiger partial charge in [-0.3, -0.25) is 0 Å². The van der Waals surface area contributed by atoms with E-state index in [4.69, 9.17) is 0 Å². The molecule has 4 heavy (non-hydrogen) atoms. The first-order valence-electron chi connectivity index (χ1n) is 0.970. The molecule has 0 fully saturated rings. The molecule has 0 aromatic carbocycles. The zero-order chi connectivity index (χ0) is 2.83. The van der Waals surface area contributed by atoms with Gasteiger partial charge in [-0.25, -0.2) is 0 Å². The van der Waals surface area contributed by atoms with Crippen LogP contribution in [0.2, 0.25) is 0 Å². The van der Waals surface area contributed by atoms with Gasteiger partial charge in [-0.15, -0.1) is 0 Å². The van der Waals surface area contributed by atoms with Crippen molar-refractivity contribution in [2.75, 3.05) is 0 Å². The van der Waals surface area contributed by atoms with Gasteiger partial charge in [0.25, 0.3) is 6.34 Å². The molecule has 0 radical (unpaired) electrons. The molecule has 1 aliphatic heterocycles. The Hall–Kier alpha value is -0.730. The third kappa shape index (κ3) is 0.00866. The van der Waals surface area contributed by atoms with E-state index in [0.29, 0.717) is 0 Å². The van der Waals surface area contributed by atoms with E-state index in [2.05, 4.69) is 15.4 Å². The molecule has 1 rings (SSSR count). The van der Waals surface area contributed by atoms with Crippen molar-refractivity contribution in [3.05, 3.63) is 0 Å². The maximum Gasteiger partial charge on any atom is 0.271 e. The van der Waals surface area contributed by atoms with Crippen LogP contribution in [0, 0.1) is 0 Å². The standard InChI is InChI=1S/CHN3/c1-2-4-3-1/h1H/p+1. The van der Waals surface area contributed by atoms with E-state index in [1.807, 2.05) is 0 Å². The third-order valence-corrected chi connectivity index (χ3v) is 0.231. The molecule has 0 unspecified atom stereocenters. The average Bonchev–Trinajstić information content (AvgIpc) is 0.722. The number of nitrogens with zero attached hydrogens (tertiary/aromatic N) is 2. The Kier molecular flexibility index (Phi) is 0.135. The van der Waals surface area contributed by atoms with Crippen molar-refractivity contribution in [1.82, 2.24) is 0 Å². The van der Waals surface area contributed by atoms with Crippen LogP contribution in [-0.2, 0) is 0 Å². The maximum atomic E-state index is 3.31. The lowest BCUT2D eigenvalue weighted by atomic mass is 11.3. The van der Waals surface area contributed by atoms with E-state index >= 15 is 0 Å². The molecule has 1 heterocycles. The lowest BCUT2D eigenvalue weighted by molar-refractivity contribution is -0.419. The van der Waals surface area contributed by atoms with Gasteiger partial charge in [-0.05, 0) is 0 Å². The molecule has 20 valence electrons. The van der Waals surface area contributed by atoms with Gasteiger partial charge in [0.2, 0.25) is 0 Å². The average molecular weight is 56.0 g/mol. The van der Waals surface area contributed by atoms with Gasteiger partial charge in [0, 0.05) is 5.10 Å². The molecule has 1 N–H and O–H groups in total. The van der Waals surface area contributed by atoms with Crippen LogP contribution < -0.4 is 5.11 Å². The fourth-order valence-corrected chi connectivity index (χ4v) is 0.0577. The molecular formula is CH2N3+. The molecule has 0 aromatic heterocycles. The van der Waals surface area contributed by atoms with Crippen molar-refractivity contribution >= 4 is 6.34 Å². The van der Waals surface area contributed by atoms with Crippen molar-refractivity contribution in [2.45, 2.75) is 0 Å². The Labute approximate surface area is 23.0 Å². The predicted octanol–water partition coefficient (Wildman–Crippen LogP) is -1.52. The Morgan fingerprint density at radius 1 is 1.75 bits per heavy atom. The molecular weight excluding hydrogens is 54.0 g/mol. The smallest absolute Gasteiger partial charge is 0.154 e. The SMILES string of the molecule is C1=NN=[NH+]1. The van der Waals surface area contributed by atoms with Crippen molar-refractivity contribution in [3.63, 3.8) is 0 Å². The normalized spacial score (nSPS) is 16.0. The Morgan fingerprint density at radius 3 is 2.00 bits per heavy atom. The minimum absolute atomic E-state index is 1.51. The highest BCUT2D eigenvalue weighted by atomic mass is 15.4. The van der Waals surface area contributed by atoms with Crippen LogP contribution in [-0.4, -0.2) is 6.34 Å². The molecule has 0 aromatic rings. The first-order valence-corrected chi connectivity index (χ1v) is 0.970. The quantitative estimate of drug-likeness (QED) is 0.350. The van der Waals surface area contributed by atoms with E-state index in [0.717, 1.165) is 0 Å². The predicted molar refractivity (Wildman–Crippen MR) is 11.9 cm³/mol.